The predicted octanol–water partition coefficient (Wildman–Crippen LogP) is 4.47. The Labute approximate surface area is 226 Å². The lowest BCUT2D eigenvalue weighted by Gasteiger charge is -2.24. The van der Waals surface area contributed by atoms with Crippen LogP contribution in [0.4, 0.5) is 4.39 Å². The van der Waals surface area contributed by atoms with Crippen LogP contribution in [0, 0.1) is 5.82 Å². The first-order valence-corrected chi connectivity index (χ1v) is 13.1. The van der Waals surface area contributed by atoms with Crippen LogP contribution in [0.2, 0.25) is 0 Å². The van der Waals surface area contributed by atoms with Crippen molar-refractivity contribution in [3.05, 3.63) is 111 Å². The van der Waals surface area contributed by atoms with Crippen molar-refractivity contribution in [1.82, 2.24) is 9.47 Å². The van der Waals surface area contributed by atoms with Crippen molar-refractivity contribution >= 4 is 33.8 Å². The van der Waals surface area contributed by atoms with Gasteiger partial charge in [0, 0.05) is 51.5 Å². The van der Waals surface area contributed by atoms with E-state index < -0.39 is 12.3 Å². The lowest BCUT2D eigenvalue weighted by atomic mass is 10.0. The van der Waals surface area contributed by atoms with E-state index in [1.165, 1.54) is 18.2 Å². The first-order chi connectivity index (χ1) is 18.4. The Bertz CT molecular complexity index is 1680. The molecule has 6 nitrogen and oxygen atoms in total. The zero-order chi connectivity index (χ0) is 26.4. The topological polar surface area (TPSA) is 63.9 Å². The van der Waals surface area contributed by atoms with Gasteiger partial charge in [-0.15, -0.1) is 0 Å². The molecular weight excluding hydrogens is 549 g/mol. The van der Waals surface area contributed by atoms with Gasteiger partial charge in [0.15, 0.2) is 6.23 Å². The molecule has 3 aromatic carbocycles. The third-order valence-electron chi connectivity index (χ3n) is 6.90. The fourth-order valence-electron chi connectivity index (χ4n) is 4.94. The Morgan fingerprint density at radius 1 is 1.00 bits per heavy atom. The molecule has 1 fully saturated rings. The summed E-state index contributed by atoms with van der Waals surface area (Å²) in [5, 5.41) is 1.47. The molecule has 3 heterocycles. The maximum Gasteiger partial charge on any atom is 0.270 e. The van der Waals surface area contributed by atoms with E-state index in [4.69, 9.17) is 4.74 Å². The third-order valence-corrected chi connectivity index (χ3v) is 7.42. The van der Waals surface area contributed by atoms with Crippen LogP contribution in [0.15, 0.2) is 88.6 Å². The summed E-state index contributed by atoms with van der Waals surface area (Å²) in [5.41, 5.74) is 4.43. The minimum atomic E-state index is -0.608. The van der Waals surface area contributed by atoms with Crippen LogP contribution in [-0.2, 0) is 20.7 Å². The number of carbonyl (C=O) groups excluding carboxylic acids is 2. The van der Waals surface area contributed by atoms with Crippen molar-refractivity contribution in [1.29, 1.82) is 0 Å². The number of nitrogens with zero attached hydrogens (tertiary/aromatic N) is 3. The number of ether oxygens (including phenoxy) is 1. The Hall–Kier alpha value is -3.88. The molecule has 2 aliphatic heterocycles. The molecule has 0 aliphatic carbocycles. The van der Waals surface area contributed by atoms with E-state index in [0.717, 1.165) is 37.6 Å². The van der Waals surface area contributed by atoms with Gasteiger partial charge in [-0.2, -0.15) is 0 Å². The minimum Gasteiger partial charge on any atom is -0.341 e. The van der Waals surface area contributed by atoms with Crippen molar-refractivity contribution in [2.45, 2.75) is 25.7 Å². The quantitative estimate of drug-likeness (QED) is 0.343. The normalized spacial score (nSPS) is 18.4. The number of halogens is 2. The molecule has 2 amide bonds. The molecule has 8 heteroatoms. The fraction of sp³-hybridized carbons (Fsp3) is 0.167. The highest BCUT2D eigenvalue weighted by Gasteiger charge is 2.40. The van der Waals surface area contributed by atoms with Crippen LogP contribution in [0.1, 0.15) is 24.3 Å². The van der Waals surface area contributed by atoms with Crippen molar-refractivity contribution in [3.63, 3.8) is 0 Å². The monoisotopic (exact) mass is 571 g/mol. The maximum atomic E-state index is 13.7. The molecule has 2 aliphatic rings. The lowest BCUT2D eigenvalue weighted by molar-refractivity contribution is -0.130. The van der Waals surface area contributed by atoms with E-state index in [2.05, 4.69) is 20.9 Å². The number of fused-ring (bicyclic) bond motifs is 1. The number of amides is 2. The lowest BCUT2D eigenvalue weighted by Crippen LogP contribution is -2.32. The van der Waals surface area contributed by atoms with Crippen molar-refractivity contribution < 1.29 is 18.7 Å². The largest absolute Gasteiger partial charge is 0.341 e. The van der Waals surface area contributed by atoms with Gasteiger partial charge in [-0.05, 0) is 66.9 Å². The second-order valence-corrected chi connectivity index (χ2v) is 10.3. The van der Waals surface area contributed by atoms with Gasteiger partial charge in [0.25, 0.3) is 11.8 Å². The number of hydrogen-bond acceptors (Lipinski definition) is 3. The molecule has 0 bridgehead atoms. The van der Waals surface area contributed by atoms with Crippen molar-refractivity contribution in [3.8, 4) is 16.8 Å². The van der Waals surface area contributed by atoms with Crippen LogP contribution < -0.4 is 10.6 Å². The minimum absolute atomic E-state index is 0.0918. The Morgan fingerprint density at radius 2 is 1.76 bits per heavy atom. The molecule has 6 rings (SSSR count). The number of carbonyl (C=O) groups is 2. The fourth-order valence-corrected chi connectivity index (χ4v) is 5.20. The second kappa shape index (κ2) is 9.78. The zero-order valence-electron chi connectivity index (χ0n) is 20.5. The summed E-state index contributed by atoms with van der Waals surface area (Å²) in [6.45, 7) is 2.19. The molecule has 1 saturated heterocycles. The summed E-state index contributed by atoms with van der Waals surface area (Å²) in [5.74, 6) is -0.658. The average Bonchev–Trinajstić information content (AvgIpc) is 3.58. The van der Waals surface area contributed by atoms with Gasteiger partial charge in [-0.3, -0.25) is 9.59 Å². The van der Waals surface area contributed by atoms with Gasteiger partial charge >= 0.3 is 0 Å². The van der Waals surface area contributed by atoms with E-state index in [1.807, 2.05) is 59.4 Å². The van der Waals surface area contributed by atoms with E-state index >= 15 is 0 Å². The van der Waals surface area contributed by atoms with E-state index in [0.29, 0.717) is 18.3 Å². The molecule has 4 aromatic rings. The summed E-state index contributed by atoms with van der Waals surface area (Å²) in [6, 6.07) is 20.0. The van der Waals surface area contributed by atoms with Gasteiger partial charge in [0.05, 0.1) is 5.36 Å². The Balaban J connectivity index is 1.36. The van der Waals surface area contributed by atoms with Crippen molar-refractivity contribution in [2.75, 3.05) is 6.54 Å². The molecule has 2 atom stereocenters. The summed E-state index contributed by atoms with van der Waals surface area (Å²) >= 11 is 3.48. The molecule has 38 heavy (non-hydrogen) atoms. The van der Waals surface area contributed by atoms with E-state index in [9.17, 15) is 14.0 Å². The molecule has 0 spiro atoms. The van der Waals surface area contributed by atoms with Crippen LogP contribution in [0.5, 0.6) is 0 Å². The first kappa shape index (κ1) is 24.5. The van der Waals surface area contributed by atoms with Gasteiger partial charge < -0.3 is 14.2 Å². The Morgan fingerprint density at radius 3 is 2.53 bits per heavy atom. The van der Waals surface area contributed by atoms with Gasteiger partial charge in [0.2, 0.25) is 0 Å². The highest BCUT2D eigenvalue weighted by Crippen LogP contribution is 2.38. The van der Waals surface area contributed by atoms with E-state index in [-0.39, 0.29) is 17.6 Å². The highest BCUT2D eigenvalue weighted by molar-refractivity contribution is 9.10. The third kappa shape index (κ3) is 4.61. The molecule has 1 unspecified atom stereocenters. The predicted molar refractivity (Wildman–Crippen MR) is 144 cm³/mol. The average molecular weight is 572 g/mol. The smallest absolute Gasteiger partial charge is 0.270 e. The zero-order valence-corrected chi connectivity index (χ0v) is 22.1. The van der Waals surface area contributed by atoms with Crippen LogP contribution >= 0.6 is 15.9 Å². The van der Waals surface area contributed by atoms with Crippen LogP contribution in [0.25, 0.3) is 22.9 Å². The van der Waals surface area contributed by atoms with Gasteiger partial charge in [0.1, 0.15) is 11.9 Å². The standard InChI is InChI=1S/C30H23BrFN3O3/c1-18-29(37)35(13-12-19-2-3-21-15-28(36)33-27(21)14-19)30(38-18)26-17-34(24-10-6-22(31)7-11-24)16-25(26)20-4-8-23(32)9-5-20/h2-11,14-18,30H,12-13H2,1H3/t18?,30-/m1/s1. The van der Waals surface area contributed by atoms with Gasteiger partial charge in [-0.25, -0.2) is 9.38 Å². The molecule has 190 valence electrons. The van der Waals surface area contributed by atoms with Crippen LogP contribution in [-0.4, -0.2) is 33.9 Å². The molecule has 0 radical (unpaired) electrons. The summed E-state index contributed by atoms with van der Waals surface area (Å²) in [6.07, 6.45) is 4.84. The molecule has 1 aromatic heterocycles. The van der Waals surface area contributed by atoms with Crippen LogP contribution in [0.3, 0.4) is 0 Å². The SMILES string of the molecule is CC1O[C@H](c2cn(-c3ccc(Br)cc3)cc2-c2ccc(F)cc2)N(CCc2ccc3c(c2)=NC(=O)C=3)C1=O. The molecular formula is C30H23BrFN3O3. The first-order valence-electron chi connectivity index (χ1n) is 12.3. The van der Waals surface area contributed by atoms with Gasteiger partial charge in [-0.1, -0.05) is 40.2 Å². The second-order valence-electron chi connectivity index (χ2n) is 9.42. The number of hydrogen-bond donors (Lipinski definition) is 0. The highest BCUT2D eigenvalue weighted by atomic mass is 79.9. The Kier molecular flexibility index (Phi) is 6.29. The van der Waals surface area contributed by atoms with E-state index in [1.54, 1.807) is 24.0 Å². The number of aromatic nitrogens is 1. The van der Waals surface area contributed by atoms with Crippen molar-refractivity contribution in [2.24, 2.45) is 4.99 Å². The summed E-state index contributed by atoms with van der Waals surface area (Å²) in [4.78, 5) is 30.6. The summed E-state index contributed by atoms with van der Waals surface area (Å²) in [7, 11) is 0. The number of benzene rings is 3. The molecule has 0 saturated carbocycles. The summed E-state index contributed by atoms with van der Waals surface area (Å²) < 4.78 is 22.9. The number of rotatable bonds is 6. The maximum absolute atomic E-state index is 13.7. The molecule has 0 N–H and O–H groups in total.